The Hall–Kier alpha value is -3.28. The Morgan fingerprint density at radius 3 is 1.81 bits per heavy atom. The van der Waals surface area contributed by atoms with E-state index in [1.54, 1.807) is 32.0 Å². The van der Waals surface area contributed by atoms with Crippen LogP contribution in [-0.4, -0.2) is 108 Å². The molecule has 0 aromatic carbocycles. The number of amides is 2. The van der Waals surface area contributed by atoms with Gasteiger partial charge < -0.3 is 29.8 Å². The lowest BCUT2D eigenvalue weighted by atomic mass is 10.2. The number of hydrogen-bond acceptors (Lipinski definition) is 9. The van der Waals surface area contributed by atoms with Gasteiger partial charge in [0, 0.05) is 74.3 Å². The number of nitrogens with zero attached hydrogens (tertiary/aromatic N) is 8. The fourth-order valence-electron chi connectivity index (χ4n) is 4.54. The summed E-state index contributed by atoms with van der Waals surface area (Å²) in [5.74, 6) is -1.45. The van der Waals surface area contributed by atoms with Crippen molar-refractivity contribution in [1.82, 2.24) is 29.6 Å². The molecule has 2 aliphatic rings. The predicted octanol–water partition coefficient (Wildman–Crippen LogP) is 4.01. The summed E-state index contributed by atoms with van der Waals surface area (Å²) < 4.78 is 0.894. The fraction of sp³-hybridized carbons (Fsp3) is 0.583. The lowest BCUT2D eigenvalue weighted by Crippen LogP contribution is -2.50. The van der Waals surface area contributed by atoms with E-state index >= 15 is 0 Å². The summed E-state index contributed by atoms with van der Waals surface area (Å²) in [5, 5.41) is 31.0. The maximum absolute atomic E-state index is 12.3. The average Bonchev–Trinajstić information content (AvgIpc) is 3.54. The summed E-state index contributed by atoms with van der Waals surface area (Å²) in [6.07, 6.45) is 6.04. The van der Waals surface area contributed by atoms with Gasteiger partial charge in [-0.2, -0.15) is 0 Å². The van der Waals surface area contributed by atoms with E-state index in [0.29, 0.717) is 74.1 Å². The van der Waals surface area contributed by atoms with E-state index < -0.39 is 17.0 Å². The van der Waals surface area contributed by atoms with Crippen LogP contribution in [0.5, 0.6) is 0 Å². The van der Waals surface area contributed by atoms with Crippen LogP contribution in [0.3, 0.4) is 0 Å². The van der Waals surface area contributed by atoms with E-state index in [-0.39, 0.29) is 24.8 Å². The number of halogens is 2. The molecule has 2 aliphatic heterocycles. The second-order valence-corrected chi connectivity index (χ2v) is 13.0. The Kier molecular flexibility index (Phi) is 13.6. The molecular formula is C24H32Cl2N8O7S2. The highest BCUT2D eigenvalue weighted by molar-refractivity contribution is 7.16. The monoisotopic (exact) mass is 678 g/mol. The summed E-state index contributed by atoms with van der Waals surface area (Å²) in [5.41, 5.74) is 0. The number of carbonyl (C=O) groups excluding carboxylic acids is 1. The van der Waals surface area contributed by atoms with Crippen molar-refractivity contribution in [3.8, 4) is 0 Å². The van der Waals surface area contributed by atoms with Crippen LogP contribution < -0.4 is 0 Å². The first-order valence-corrected chi connectivity index (χ1v) is 15.8. The molecule has 2 amide bonds. The molecule has 2 aromatic rings. The van der Waals surface area contributed by atoms with Crippen LogP contribution in [0, 0.1) is 10.1 Å². The van der Waals surface area contributed by atoms with Crippen molar-refractivity contribution in [2.45, 2.75) is 51.6 Å². The second-order valence-electron chi connectivity index (χ2n) is 9.60. The molecule has 4 rings (SSSR count). The van der Waals surface area contributed by atoms with Crippen LogP contribution in [0.15, 0.2) is 17.5 Å². The number of guanidine groups is 1. The Labute approximate surface area is 265 Å². The Bertz CT molecular complexity index is 1290. The zero-order valence-electron chi connectivity index (χ0n) is 23.1. The van der Waals surface area contributed by atoms with Crippen molar-refractivity contribution < 1.29 is 29.6 Å². The van der Waals surface area contributed by atoms with Crippen molar-refractivity contribution in [1.29, 1.82) is 0 Å². The normalized spacial score (nSPS) is 16.3. The third-order valence-electron chi connectivity index (χ3n) is 6.37. The van der Waals surface area contributed by atoms with Gasteiger partial charge in [-0.3, -0.25) is 9.59 Å². The van der Waals surface area contributed by atoms with Crippen molar-refractivity contribution in [2.24, 2.45) is 5.10 Å². The molecule has 4 heterocycles. The van der Waals surface area contributed by atoms with Gasteiger partial charge >= 0.3 is 18.0 Å². The largest absolute Gasteiger partial charge is 0.481 e. The zero-order valence-corrected chi connectivity index (χ0v) is 26.3. The highest BCUT2D eigenvalue weighted by Gasteiger charge is 2.28. The van der Waals surface area contributed by atoms with Crippen molar-refractivity contribution in [2.75, 3.05) is 39.3 Å². The molecular weight excluding hydrogens is 647 g/mol. The summed E-state index contributed by atoms with van der Waals surface area (Å²) in [6.45, 7) is 4.52. The Balaban J connectivity index is 0.000000238. The van der Waals surface area contributed by atoms with E-state index in [0.717, 1.165) is 22.6 Å². The minimum absolute atomic E-state index is 0.0205. The maximum atomic E-state index is 12.3. The van der Waals surface area contributed by atoms with Gasteiger partial charge in [-0.25, -0.2) is 24.9 Å². The van der Waals surface area contributed by atoms with E-state index in [1.165, 1.54) is 22.7 Å². The molecule has 236 valence electrons. The second kappa shape index (κ2) is 17.1. The Morgan fingerprint density at radius 2 is 1.33 bits per heavy atom. The molecule has 43 heavy (non-hydrogen) atoms. The number of nitro groups is 1. The number of hydrogen-bond donors (Lipinski definition) is 2. The fourth-order valence-corrected chi connectivity index (χ4v) is 6.53. The number of carboxylic acid groups (broad SMARTS) is 2. The molecule has 0 unspecified atom stereocenters. The van der Waals surface area contributed by atoms with E-state index in [2.05, 4.69) is 15.1 Å². The van der Waals surface area contributed by atoms with Gasteiger partial charge in [-0.05, 0) is 25.7 Å². The molecule has 0 spiro atoms. The third kappa shape index (κ3) is 11.7. The summed E-state index contributed by atoms with van der Waals surface area (Å²) in [4.78, 5) is 61.0. The number of thiazole rings is 2. The van der Waals surface area contributed by atoms with Crippen molar-refractivity contribution >= 4 is 69.8 Å². The van der Waals surface area contributed by atoms with Gasteiger partial charge in [0.2, 0.25) is 0 Å². The molecule has 0 saturated carbocycles. The standard InChI is InChI=1S/C12H16ClN5O4S.C12H16ClN3O3S/c13-11-14-7-9(23-11)8-17-6-2-5-16(4-1-3-10(19)20)12(17)15-18(21)22;13-11-14-7-9(20-11)8-16-6-2-5-15(12(16)19)4-1-3-10(17)18/h7H,1-6,8H2,(H,19,20);7H,1-6,8H2,(H,17,18)/b15-12+;. The molecule has 2 N–H and O–H groups in total. The number of aliphatic carboxylic acids is 2. The van der Waals surface area contributed by atoms with E-state index in [4.69, 9.17) is 33.4 Å². The maximum Gasteiger partial charge on any atom is 0.320 e. The molecule has 19 heteroatoms. The lowest BCUT2D eigenvalue weighted by molar-refractivity contribution is -0.486. The Morgan fingerprint density at radius 1 is 0.860 bits per heavy atom. The van der Waals surface area contributed by atoms with Crippen LogP contribution in [0.1, 0.15) is 48.3 Å². The van der Waals surface area contributed by atoms with Crippen LogP contribution >= 0.6 is 45.9 Å². The SMILES string of the molecule is O=C(O)CCCN1CCCN(Cc2cnc(Cl)s2)/C1=N/[N+](=O)[O-].O=C(O)CCCN1CCCN(Cc2cnc(Cl)s2)C1=O. The van der Waals surface area contributed by atoms with Crippen LogP contribution in [0.2, 0.25) is 8.93 Å². The molecule has 0 radical (unpaired) electrons. The van der Waals surface area contributed by atoms with Crippen molar-refractivity contribution in [3.63, 3.8) is 0 Å². The highest BCUT2D eigenvalue weighted by atomic mass is 35.5. The number of aromatic nitrogens is 2. The summed E-state index contributed by atoms with van der Waals surface area (Å²) in [7, 11) is 0. The van der Waals surface area contributed by atoms with Gasteiger partial charge in [-0.15, -0.1) is 22.7 Å². The first kappa shape index (κ1) is 34.2. The molecule has 0 atom stereocenters. The predicted molar refractivity (Wildman–Crippen MR) is 161 cm³/mol. The first-order chi connectivity index (χ1) is 20.5. The molecule has 15 nitrogen and oxygen atoms in total. The molecule has 2 aromatic heterocycles. The van der Waals surface area contributed by atoms with E-state index in [1.807, 2.05) is 0 Å². The minimum Gasteiger partial charge on any atom is -0.481 e. The van der Waals surface area contributed by atoms with Gasteiger partial charge in [0.1, 0.15) is 5.10 Å². The summed E-state index contributed by atoms with van der Waals surface area (Å²) in [6, 6.07) is -0.0360. The number of rotatable bonds is 13. The van der Waals surface area contributed by atoms with E-state index in [9.17, 15) is 24.5 Å². The molecule has 0 aliphatic carbocycles. The van der Waals surface area contributed by atoms with Crippen LogP contribution in [0.4, 0.5) is 4.79 Å². The highest BCUT2D eigenvalue weighted by Crippen LogP contribution is 2.23. The molecule has 2 saturated heterocycles. The van der Waals surface area contributed by atoms with Gasteiger partial charge in [0.25, 0.3) is 5.96 Å². The minimum atomic E-state index is -0.883. The number of hydrazone groups is 1. The lowest BCUT2D eigenvalue weighted by Gasteiger charge is -2.37. The summed E-state index contributed by atoms with van der Waals surface area (Å²) >= 11 is 14.3. The molecule has 2 fully saturated rings. The first-order valence-electron chi connectivity index (χ1n) is 13.4. The number of carbonyl (C=O) groups is 3. The number of urea groups is 1. The number of carboxylic acids is 2. The van der Waals surface area contributed by atoms with Gasteiger partial charge in [0.05, 0.1) is 13.1 Å². The topological polar surface area (TPSA) is 186 Å². The molecule has 0 bridgehead atoms. The van der Waals surface area contributed by atoms with Gasteiger partial charge in [-0.1, -0.05) is 23.2 Å². The third-order valence-corrected chi connectivity index (χ3v) is 8.57. The average molecular weight is 680 g/mol. The van der Waals surface area contributed by atoms with Gasteiger partial charge in [0.15, 0.2) is 14.0 Å². The smallest absolute Gasteiger partial charge is 0.320 e. The van der Waals surface area contributed by atoms with Crippen LogP contribution in [0.25, 0.3) is 0 Å². The van der Waals surface area contributed by atoms with Crippen molar-refractivity contribution in [3.05, 3.63) is 41.2 Å². The quantitative estimate of drug-likeness (QED) is 0.230. The van der Waals surface area contributed by atoms with Crippen LogP contribution in [-0.2, 0) is 22.7 Å². The zero-order chi connectivity index (χ0) is 31.4.